The third-order valence-electron chi connectivity index (χ3n) is 4.94. The quantitative estimate of drug-likeness (QED) is 0.725. The molecule has 0 aromatic carbocycles. The summed E-state index contributed by atoms with van der Waals surface area (Å²) in [5.74, 6) is -1.49. The number of pyridine rings is 1. The number of alkyl halides is 3. The van der Waals surface area contributed by atoms with E-state index < -0.39 is 17.5 Å². The van der Waals surface area contributed by atoms with Crippen LogP contribution in [-0.2, 0) is 12.0 Å². The molecule has 0 aliphatic carbocycles. The van der Waals surface area contributed by atoms with E-state index in [2.05, 4.69) is 20.2 Å². The highest BCUT2D eigenvalue weighted by molar-refractivity contribution is 5.97. The molecule has 1 aromatic heterocycles. The average molecular weight is 383 g/mol. The van der Waals surface area contributed by atoms with Crippen LogP contribution in [0.4, 0.5) is 19.0 Å². The minimum atomic E-state index is -4.56. The number of amidine groups is 1. The molecule has 2 aliphatic rings. The molecule has 148 valence electrons. The van der Waals surface area contributed by atoms with Crippen LogP contribution in [0, 0.1) is 0 Å². The van der Waals surface area contributed by atoms with Gasteiger partial charge in [-0.05, 0) is 19.5 Å². The van der Waals surface area contributed by atoms with Crippen LogP contribution in [-0.4, -0.2) is 48.4 Å². The van der Waals surface area contributed by atoms with Crippen molar-refractivity contribution in [3.05, 3.63) is 35.2 Å². The van der Waals surface area contributed by atoms with E-state index in [1.165, 1.54) is 12.4 Å². The lowest BCUT2D eigenvalue weighted by molar-refractivity contribution is -0.137. The Kier molecular flexibility index (Phi) is 5.04. The summed E-state index contributed by atoms with van der Waals surface area (Å²) in [6.07, 6.45) is -1.70. The number of aliphatic imine (C=N–C) groups is 1. The van der Waals surface area contributed by atoms with E-state index >= 15 is 0 Å². The normalized spacial score (nSPS) is 24.3. The molecule has 7 nitrogen and oxygen atoms in total. The monoisotopic (exact) mass is 383 g/mol. The van der Waals surface area contributed by atoms with Gasteiger partial charge in [0, 0.05) is 49.7 Å². The molecule has 1 unspecified atom stereocenters. The van der Waals surface area contributed by atoms with Crippen molar-refractivity contribution < 1.29 is 13.2 Å². The van der Waals surface area contributed by atoms with Gasteiger partial charge in [0.1, 0.15) is 11.7 Å². The van der Waals surface area contributed by atoms with Gasteiger partial charge in [0.15, 0.2) is 0 Å². The Morgan fingerprint density at radius 3 is 2.48 bits per heavy atom. The van der Waals surface area contributed by atoms with Crippen molar-refractivity contribution in [3.63, 3.8) is 0 Å². The molecule has 1 atom stereocenters. The highest BCUT2D eigenvalue weighted by Gasteiger charge is 2.39. The van der Waals surface area contributed by atoms with Crippen molar-refractivity contribution in [1.82, 2.24) is 15.2 Å². The summed E-state index contributed by atoms with van der Waals surface area (Å²) < 4.78 is 41.2. The zero-order valence-electron chi connectivity index (χ0n) is 15.3. The summed E-state index contributed by atoms with van der Waals surface area (Å²) in [6, 6.07) is 1.01. The maximum absolute atomic E-state index is 13.7. The molecule has 0 saturated carbocycles. The maximum Gasteiger partial charge on any atom is 0.419 e. The van der Waals surface area contributed by atoms with Gasteiger partial charge in [0.05, 0.1) is 5.56 Å². The first-order chi connectivity index (χ1) is 12.6. The van der Waals surface area contributed by atoms with E-state index in [0.29, 0.717) is 31.8 Å². The van der Waals surface area contributed by atoms with E-state index in [9.17, 15) is 13.2 Å². The molecule has 0 bridgehead atoms. The van der Waals surface area contributed by atoms with E-state index in [4.69, 9.17) is 11.5 Å². The zero-order valence-corrected chi connectivity index (χ0v) is 15.3. The Bertz CT molecular complexity index is 766. The number of nitrogens with zero attached hydrogens (tertiary/aromatic N) is 4. The smallest absolute Gasteiger partial charge is 0.384 e. The zero-order chi connectivity index (χ0) is 19.8. The predicted octanol–water partition coefficient (Wildman–Crippen LogP) is 1.18. The third-order valence-corrected chi connectivity index (χ3v) is 4.94. The van der Waals surface area contributed by atoms with Crippen molar-refractivity contribution in [3.8, 4) is 0 Å². The SMILES string of the molecule is CCN1CCN(c2ncc(C3(N)N=C(N)C(C)=CN3)cc2C(F)(F)F)CC1. The van der Waals surface area contributed by atoms with Gasteiger partial charge in [-0.3, -0.25) is 5.73 Å². The first-order valence-electron chi connectivity index (χ1n) is 8.78. The number of rotatable bonds is 3. The number of nitrogens with two attached hydrogens (primary N) is 2. The van der Waals surface area contributed by atoms with Crippen LogP contribution in [0.25, 0.3) is 0 Å². The van der Waals surface area contributed by atoms with Gasteiger partial charge < -0.3 is 20.9 Å². The number of nitrogens with one attached hydrogen (secondary N) is 1. The molecular weight excluding hydrogens is 359 g/mol. The molecule has 0 radical (unpaired) electrons. The first-order valence-corrected chi connectivity index (χ1v) is 8.78. The van der Waals surface area contributed by atoms with Crippen LogP contribution in [0.5, 0.6) is 0 Å². The summed E-state index contributed by atoms with van der Waals surface area (Å²) in [5, 5.41) is 2.80. The lowest BCUT2D eigenvalue weighted by atomic mass is 10.1. The first kappa shape index (κ1) is 19.4. The van der Waals surface area contributed by atoms with Gasteiger partial charge in [-0.1, -0.05) is 6.92 Å². The molecule has 2 aliphatic heterocycles. The van der Waals surface area contributed by atoms with Gasteiger partial charge in [-0.25, -0.2) is 9.98 Å². The fourth-order valence-electron chi connectivity index (χ4n) is 3.15. The van der Waals surface area contributed by atoms with E-state index in [1.807, 2.05) is 6.92 Å². The Morgan fingerprint density at radius 2 is 1.93 bits per heavy atom. The lowest BCUT2D eigenvalue weighted by Gasteiger charge is -2.36. The molecule has 0 amide bonds. The fourth-order valence-corrected chi connectivity index (χ4v) is 3.15. The average Bonchev–Trinajstić information content (AvgIpc) is 2.64. The molecule has 3 rings (SSSR count). The summed E-state index contributed by atoms with van der Waals surface area (Å²) in [5.41, 5.74) is 11.9. The number of likely N-dealkylation sites (N-methyl/N-ethyl adjacent to an activating group) is 1. The molecule has 1 aromatic rings. The molecule has 1 fully saturated rings. The van der Waals surface area contributed by atoms with Gasteiger partial charge in [-0.15, -0.1) is 0 Å². The van der Waals surface area contributed by atoms with Gasteiger partial charge in [0.2, 0.25) is 5.79 Å². The second kappa shape index (κ2) is 7.01. The maximum atomic E-state index is 13.7. The fraction of sp³-hybridized carbons (Fsp3) is 0.529. The van der Waals surface area contributed by atoms with Crippen molar-refractivity contribution >= 4 is 11.7 Å². The van der Waals surface area contributed by atoms with Crippen LogP contribution >= 0.6 is 0 Å². The predicted molar refractivity (Wildman–Crippen MR) is 97.9 cm³/mol. The second-order valence-electron chi connectivity index (χ2n) is 6.75. The van der Waals surface area contributed by atoms with Crippen LogP contribution in [0.2, 0.25) is 0 Å². The third kappa shape index (κ3) is 3.86. The van der Waals surface area contributed by atoms with E-state index in [1.54, 1.807) is 11.8 Å². The second-order valence-corrected chi connectivity index (χ2v) is 6.75. The minimum Gasteiger partial charge on any atom is -0.384 e. The van der Waals surface area contributed by atoms with Crippen molar-refractivity contribution in [2.24, 2.45) is 16.5 Å². The molecule has 1 saturated heterocycles. The standard InChI is InChI=1S/C17H24F3N7/c1-3-26-4-6-27(7-5-26)15-13(16(18,19)20)8-12(10-23-15)17(22)24-9-11(2)14(21)25-17/h8-10,24H,3-7,22H2,1-2H3,(H2,21,25). The van der Waals surface area contributed by atoms with Gasteiger partial charge in [0.25, 0.3) is 0 Å². The van der Waals surface area contributed by atoms with E-state index in [-0.39, 0.29) is 17.2 Å². The lowest BCUT2D eigenvalue weighted by Crippen LogP contribution is -2.50. The molecule has 3 heterocycles. The highest BCUT2D eigenvalue weighted by atomic mass is 19.4. The summed E-state index contributed by atoms with van der Waals surface area (Å²) in [6.45, 7) is 7.01. The minimum absolute atomic E-state index is 0.0786. The largest absolute Gasteiger partial charge is 0.419 e. The number of hydrogen-bond donors (Lipinski definition) is 3. The number of anilines is 1. The Labute approximate surface area is 155 Å². The Hall–Kier alpha value is -2.33. The number of piperazine rings is 1. The van der Waals surface area contributed by atoms with Crippen LogP contribution in [0.1, 0.15) is 25.0 Å². The molecule has 27 heavy (non-hydrogen) atoms. The molecular formula is C17H24F3N7. The van der Waals surface area contributed by atoms with Crippen LogP contribution < -0.4 is 21.7 Å². The molecule has 0 spiro atoms. The van der Waals surface area contributed by atoms with Crippen molar-refractivity contribution in [1.29, 1.82) is 0 Å². The molecule has 10 heteroatoms. The van der Waals surface area contributed by atoms with Crippen molar-refractivity contribution in [2.75, 3.05) is 37.6 Å². The number of aromatic nitrogens is 1. The Morgan fingerprint density at radius 1 is 1.26 bits per heavy atom. The summed E-state index contributed by atoms with van der Waals surface area (Å²) in [7, 11) is 0. The summed E-state index contributed by atoms with van der Waals surface area (Å²) in [4.78, 5) is 12.1. The number of halogens is 3. The molecule has 5 N–H and O–H groups in total. The van der Waals surface area contributed by atoms with E-state index in [0.717, 1.165) is 12.6 Å². The summed E-state index contributed by atoms with van der Waals surface area (Å²) >= 11 is 0. The van der Waals surface area contributed by atoms with Crippen LogP contribution in [0.3, 0.4) is 0 Å². The number of hydrogen-bond acceptors (Lipinski definition) is 7. The highest BCUT2D eigenvalue weighted by Crippen LogP contribution is 2.37. The van der Waals surface area contributed by atoms with Crippen LogP contribution in [0.15, 0.2) is 29.0 Å². The topological polar surface area (TPSA) is 95.8 Å². The van der Waals surface area contributed by atoms with Gasteiger partial charge in [-0.2, -0.15) is 13.2 Å². The van der Waals surface area contributed by atoms with Gasteiger partial charge >= 0.3 is 6.18 Å². The van der Waals surface area contributed by atoms with Crippen molar-refractivity contribution in [2.45, 2.75) is 25.8 Å². The Balaban J connectivity index is 1.96.